The zero-order valence-electron chi connectivity index (χ0n) is 27.5. The Kier molecular flexibility index (Phi) is 5.41. The van der Waals surface area contributed by atoms with Gasteiger partial charge in [0.25, 0.3) is 0 Å². The van der Waals surface area contributed by atoms with Crippen LogP contribution in [0, 0.1) is 0 Å². The number of para-hydroxylation sites is 4. The number of nitrogens with zero attached hydrogens (tertiary/aromatic N) is 3. The van der Waals surface area contributed by atoms with Crippen LogP contribution in [0.4, 0.5) is 0 Å². The van der Waals surface area contributed by atoms with Crippen LogP contribution in [0.25, 0.3) is 116 Å². The minimum absolute atomic E-state index is 0.584. The summed E-state index contributed by atoms with van der Waals surface area (Å²) in [6.07, 6.45) is 0. The van der Waals surface area contributed by atoms with Gasteiger partial charge in [0.05, 0.1) is 11.0 Å². The molecule has 12 aromatic rings. The van der Waals surface area contributed by atoms with Crippen LogP contribution < -0.4 is 0 Å². The molecule has 242 valence electrons. The smallest absolute Gasteiger partial charge is 0.180 e. The maximum atomic E-state index is 6.80. The Balaban J connectivity index is 1.16. The molecule has 0 aliphatic rings. The van der Waals surface area contributed by atoms with Crippen molar-refractivity contribution in [2.45, 2.75) is 0 Å². The topological polar surface area (TPSA) is 70.1 Å². The summed E-state index contributed by atoms with van der Waals surface area (Å²) in [6.45, 7) is 0. The molecule has 0 N–H and O–H groups in total. The summed E-state index contributed by atoms with van der Waals surface area (Å²) in [4.78, 5) is 10.5. The number of furan rings is 3. The third kappa shape index (κ3) is 3.83. The lowest BCUT2D eigenvalue weighted by Crippen LogP contribution is -1.94. The van der Waals surface area contributed by atoms with Gasteiger partial charge in [-0.15, -0.1) is 0 Å². The lowest BCUT2D eigenvalue weighted by Gasteiger charge is -2.07. The number of benzene rings is 7. The van der Waals surface area contributed by atoms with Crippen molar-refractivity contribution < 1.29 is 13.3 Å². The fraction of sp³-hybridized carbons (Fsp3) is 0. The molecule has 0 unspecified atom stereocenters. The molecule has 5 heterocycles. The molecule has 0 saturated carbocycles. The average molecular weight is 668 g/mol. The van der Waals surface area contributed by atoms with Crippen molar-refractivity contribution in [2.24, 2.45) is 0 Å². The molecule has 12 rings (SSSR count). The molecule has 0 spiro atoms. The van der Waals surface area contributed by atoms with E-state index in [0.29, 0.717) is 17.1 Å². The standard InChI is InChI=1S/C46H25N3O3/c1-2-10-28(11-3-1)49-36-15-7-4-12-29(36)34-25-42-35(24-37(34)49)44-45(52-42)43(26-18-20-32-30-13-5-8-16-38(30)50-40(32)22-26)47-46(48-44)27-19-21-33-31-14-6-9-17-39(31)51-41(33)23-27/h1-25H. The maximum Gasteiger partial charge on any atom is 0.180 e. The molecule has 0 fully saturated rings. The first-order chi connectivity index (χ1) is 25.7. The second kappa shape index (κ2) is 10.2. The van der Waals surface area contributed by atoms with E-state index in [1.807, 2.05) is 48.5 Å². The monoisotopic (exact) mass is 667 g/mol. The molecular weight excluding hydrogens is 643 g/mol. The van der Waals surface area contributed by atoms with Crippen molar-refractivity contribution >= 4 is 87.8 Å². The molecule has 7 aromatic carbocycles. The van der Waals surface area contributed by atoms with E-state index in [4.69, 9.17) is 23.2 Å². The third-order valence-corrected chi connectivity index (χ3v) is 10.4. The highest BCUT2D eigenvalue weighted by Crippen LogP contribution is 2.42. The second-order valence-electron chi connectivity index (χ2n) is 13.3. The third-order valence-electron chi connectivity index (χ3n) is 10.4. The van der Waals surface area contributed by atoms with Gasteiger partial charge in [-0.1, -0.05) is 84.9 Å². The predicted octanol–water partition coefficient (Wildman–Crippen LogP) is 12.6. The van der Waals surface area contributed by atoms with E-state index in [1.54, 1.807) is 0 Å². The summed E-state index contributed by atoms with van der Waals surface area (Å²) in [6, 6.07) is 52.1. The van der Waals surface area contributed by atoms with Crippen molar-refractivity contribution in [3.8, 4) is 28.3 Å². The summed E-state index contributed by atoms with van der Waals surface area (Å²) >= 11 is 0. The van der Waals surface area contributed by atoms with Crippen molar-refractivity contribution in [3.05, 3.63) is 152 Å². The normalized spacial score (nSPS) is 12.2. The molecule has 0 radical (unpaired) electrons. The first kappa shape index (κ1) is 27.6. The number of fused-ring (bicyclic) bond motifs is 12. The molecule has 6 heteroatoms. The zero-order chi connectivity index (χ0) is 33.9. The Bertz CT molecular complexity index is 3420. The summed E-state index contributed by atoms with van der Waals surface area (Å²) in [7, 11) is 0. The quantitative estimate of drug-likeness (QED) is 0.188. The molecular formula is C46H25N3O3. The number of aromatic nitrogens is 3. The van der Waals surface area contributed by atoms with Gasteiger partial charge >= 0.3 is 0 Å². The minimum atomic E-state index is 0.584. The molecule has 0 saturated heterocycles. The van der Waals surface area contributed by atoms with Crippen LogP contribution in [0.2, 0.25) is 0 Å². The summed E-state index contributed by atoms with van der Waals surface area (Å²) in [5.74, 6) is 0.584. The molecule has 6 nitrogen and oxygen atoms in total. The Morgan fingerprint density at radius 3 is 1.73 bits per heavy atom. The lowest BCUT2D eigenvalue weighted by molar-refractivity contribution is 0.667. The molecule has 52 heavy (non-hydrogen) atoms. The van der Waals surface area contributed by atoms with Gasteiger partial charge in [0, 0.05) is 54.5 Å². The molecule has 5 aromatic heterocycles. The Morgan fingerprint density at radius 1 is 0.385 bits per heavy atom. The van der Waals surface area contributed by atoms with Crippen molar-refractivity contribution in [3.63, 3.8) is 0 Å². The van der Waals surface area contributed by atoms with Crippen LogP contribution in [-0.2, 0) is 0 Å². The van der Waals surface area contributed by atoms with Crippen molar-refractivity contribution in [1.82, 2.24) is 14.5 Å². The van der Waals surface area contributed by atoms with Crippen LogP contribution in [-0.4, -0.2) is 14.5 Å². The average Bonchev–Trinajstić information content (AvgIpc) is 3.95. The molecule has 0 aliphatic carbocycles. The largest absolute Gasteiger partial charge is 0.456 e. The highest BCUT2D eigenvalue weighted by atomic mass is 16.3. The number of rotatable bonds is 3. The lowest BCUT2D eigenvalue weighted by atomic mass is 10.1. The van der Waals surface area contributed by atoms with Gasteiger partial charge in [-0.3, -0.25) is 0 Å². The Labute approximate surface area is 294 Å². The second-order valence-corrected chi connectivity index (χ2v) is 13.3. The van der Waals surface area contributed by atoms with Crippen molar-refractivity contribution in [1.29, 1.82) is 0 Å². The zero-order valence-corrected chi connectivity index (χ0v) is 27.5. The van der Waals surface area contributed by atoms with E-state index in [9.17, 15) is 0 Å². The van der Waals surface area contributed by atoms with Gasteiger partial charge in [0.1, 0.15) is 39.1 Å². The van der Waals surface area contributed by atoms with Crippen LogP contribution in [0.1, 0.15) is 0 Å². The Morgan fingerprint density at radius 2 is 0.981 bits per heavy atom. The fourth-order valence-electron chi connectivity index (χ4n) is 8.02. The molecule has 0 aliphatic heterocycles. The molecule has 0 atom stereocenters. The summed E-state index contributed by atoms with van der Waals surface area (Å²) in [5.41, 5.74) is 11.2. The van der Waals surface area contributed by atoms with Crippen LogP contribution in [0.5, 0.6) is 0 Å². The highest BCUT2D eigenvalue weighted by Gasteiger charge is 2.22. The first-order valence-corrected chi connectivity index (χ1v) is 17.3. The van der Waals surface area contributed by atoms with E-state index in [-0.39, 0.29) is 0 Å². The minimum Gasteiger partial charge on any atom is -0.456 e. The maximum absolute atomic E-state index is 6.80. The van der Waals surface area contributed by atoms with Gasteiger partial charge in [0.2, 0.25) is 0 Å². The molecule has 0 bridgehead atoms. The van der Waals surface area contributed by atoms with E-state index in [0.717, 1.165) is 99.0 Å². The van der Waals surface area contributed by atoms with E-state index >= 15 is 0 Å². The van der Waals surface area contributed by atoms with Gasteiger partial charge in [0.15, 0.2) is 11.4 Å². The van der Waals surface area contributed by atoms with Crippen molar-refractivity contribution in [2.75, 3.05) is 0 Å². The summed E-state index contributed by atoms with van der Waals surface area (Å²) < 4.78 is 21.7. The van der Waals surface area contributed by atoms with E-state index in [2.05, 4.69) is 108 Å². The van der Waals surface area contributed by atoms with Gasteiger partial charge < -0.3 is 17.8 Å². The SMILES string of the molecule is c1ccc(-n2c3ccccc3c3cc4oc5c(-c6ccc7c(c6)oc6ccccc67)nc(-c6ccc7c(c6)oc6ccccc67)nc5c4cc32)cc1. The van der Waals surface area contributed by atoms with Crippen LogP contribution in [0.3, 0.4) is 0 Å². The number of hydrogen-bond acceptors (Lipinski definition) is 5. The van der Waals surface area contributed by atoms with Crippen LogP contribution >= 0.6 is 0 Å². The van der Waals surface area contributed by atoms with Crippen LogP contribution in [0.15, 0.2) is 165 Å². The van der Waals surface area contributed by atoms with Gasteiger partial charge in [-0.2, -0.15) is 0 Å². The van der Waals surface area contributed by atoms with Gasteiger partial charge in [-0.05, 0) is 66.7 Å². The van der Waals surface area contributed by atoms with Gasteiger partial charge in [-0.25, -0.2) is 9.97 Å². The van der Waals surface area contributed by atoms with E-state index < -0.39 is 0 Å². The summed E-state index contributed by atoms with van der Waals surface area (Å²) in [5, 5.41) is 7.46. The predicted molar refractivity (Wildman–Crippen MR) is 209 cm³/mol. The first-order valence-electron chi connectivity index (χ1n) is 17.3. The molecule has 0 amide bonds. The Hall–Kier alpha value is -7.18. The highest BCUT2D eigenvalue weighted by molar-refractivity contribution is 6.18. The fourth-order valence-corrected chi connectivity index (χ4v) is 8.02. The number of hydrogen-bond donors (Lipinski definition) is 0. The van der Waals surface area contributed by atoms with E-state index in [1.165, 1.54) is 0 Å².